The zero-order valence-electron chi connectivity index (χ0n) is 12.5. The summed E-state index contributed by atoms with van der Waals surface area (Å²) in [6, 6.07) is 8.16. The van der Waals surface area contributed by atoms with E-state index in [1.54, 1.807) is 0 Å². The minimum absolute atomic E-state index is 0.530. The second kappa shape index (κ2) is 5.93. The summed E-state index contributed by atoms with van der Waals surface area (Å²) in [5, 5.41) is 1.14. The molecule has 2 N–H and O–H groups in total. The van der Waals surface area contributed by atoms with Gasteiger partial charge in [0.25, 0.3) is 0 Å². The fraction of sp³-hybridized carbons (Fsp3) is 0.375. The van der Waals surface area contributed by atoms with Crippen molar-refractivity contribution in [1.29, 1.82) is 0 Å². The van der Waals surface area contributed by atoms with Crippen LogP contribution in [0.3, 0.4) is 0 Å². The molecule has 3 aromatic rings. The van der Waals surface area contributed by atoms with E-state index in [9.17, 15) is 0 Å². The number of nitrogens with zero attached hydrogens (tertiary/aromatic N) is 3. The van der Waals surface area contributed by atoms with Crippen molar-refractivity contribution in [3.63, 3.8) is 0 Å². The zero-order chi connectivity index (χ0) is 14.8. The van der Waals surface area contributed by atoms with Gasteiger partial charge < -0.3 is 10.3 Å². The minimum Gasteiger partial charge on any atom is -0.382 e. The van der Waals surface area contributed by atoms with E-state index in [0.29, 0.717) is 5.82 Å². The Labute approximate surface area is 128 Å². The topological polar surface area (TPSA) is 56.7 Å². The van der Waals surface area contributed by atoms with E-state index in [-0.39, 0.29) is 0 Å². The molecule has 0 aliphatic heterocycles. The smallest absolute Gasteiger partial charge is 0.152 e. The number of aryl methyl sites for hydroxylation is 2. The van der Waals surface area contributed by atoms with Gasteiger partial charge in [-0.05, 0) is 24.5 Å². The van der Waals surface area contributed by atoms with Crippen LogP contribution >= 0.6 is 11.8 Å². The van der Waals surface area contributed by atoms with Gasteiger partial charge in [0.05, 0.1) is 11.0 Å². The Morgan fingerprint density at radius 1 is 1.24 bits per heavy atom. The highest BCUT2D eigenvalue weighted by molar-refractivity contribution is 7.98. The number of rotatable bonds is 5. The summed E-state index contributed by atoms with van der Waals surface area (Å²) in [5.41, 5.74) is 9.04. The van der Waals surface area contributed by atoms with E-state index >= 15 is 0 Å². The van der Waals surface area contributed by atoms with Crippen molar-refractivity contribution in [2.75, 3.05) is 17.7 Å². The van der Waals surface area contributed by atoms with Crippen molar-refractivity contribution >= 4 is 39.5 Å². The summed E-state index contributed by atoms with van der Waals surface area (Å²) in [5.74, 6) is 2.78. The Morgan fingerprint density at radius 3 is 2.81 bits per heavy atom. The Hall–Kier alpha value is -1.75. The molecule has 0 fully saturated rings. The van der Waals surface area contributed by atoms with Gasteiger partial charge in [-0.25, -0.2) is 9.97 Å². The molecule has 0 aliphatic carbocycles. The van der Waals surface area contributed by atoms with Crippen molar-refractivity contribution in [2.24, 2.45) is 0 Å². The molecule has 0 spiro atoms. The fourth-order valence-electron chi connectivity index (χ4n) is 2.78. The van der Waals surface area contributed by atoms with Gasteiger partial charge in [-0.15, -0.1) is 0 Å². The van der Waals surface area contributed by atoms with E-state index in [4.69, 9.17) is 10.7 Å². The highest BCUT2D eigenvalue weighted by atomic mass is 32.2. The first kappa shape index (κ1) is 14.2. The third-order valence-electron chi connectivity index (χ3n) is 3.74. The van der Waals surface area contributed by atoms with E-state index < -0.39 is 0 Å². The lowest BCUT2D eigenvalue weighted by Crippen LogP contribution is -2.04. The van der Waals surface area contributed by atoms with Gasteiger partial charge in [-0.2, -0.15) is 11.8 Å². The lowest BCUT2D eigenvalue weighted by atomic mass is 10.2. The molecule has 0 saturated heterocycles. The van der Waals surface area contributed by atoms with Gasteiger partial charge in [-0.3, -0.25) is 0 Å². The molecule has 2 heterocycles. The third-order valence-corrected chi connectivity index (χ3v) is 4.43. The van der Waals surface area contributed by atoms with Crippen LogP contribution in [0.25, 0.3) is 21.9 Å². The van der Waals surface area contributed by atoms with Crippen LogP contribution in [0.5, 0.6) is 0 Å². The normalized spacial score (nSPS) is 11.5. The molecule has 3 rings (SSSR count). The average Bonchev–Trinajstić information content (AvgIpc) is 2.87. The van der Waals surface area contributed by atoms with Gasteiger partial charge in [0, 0.05) is 18.4 Å². The number of para-hydroxylation sites is 1. The Morgan fingerprint density at radius 2 is 2.05 bits per heavy atom. The molecule has 0 radical (unpaired) electrons. The first-order valence-electron chi connectivity index (χ1n) is 7.28. The first-order valence-corrected chi connectivity index (χ1v) is 8.68. The SMILES string of the molecule is CCc1nc2c(N)nc3ccccc3c2n1CCCSC. The lowest BCUT2D eigenvalue weighted by molar-refractivity contribution is 0.665. The van der Waals surface area contributed by atoms with Crippen LogP contribution in [0.1, 0.15) is 19.2 Å². The van der Waals surface area contributed by atoms with Gasteiger partial charge >= 0.3 is 0 Å². The molecular formula is C16H20N4S. The maximum absolute atomic E-state index is 6.12. The highest BCUT2D eigenvalue weighted by Gasteiger charge is 2.15. The minimum atomic E-state index is 0.530. The summed E-state index contributed by atoms with van der Waals surface area (Å²) in [6.07, 6.45) is 4.18. The Bertz CT molecular complexity index is 779. The molecule has 21 heavy (non-hydrogen) atoms. The summed E-state index contributed by atoms with van der Waals surface area (Å²) in [4.78, 5) is 9.22. The molecule has 110 valence electrons. The second-order valence-corrected chi connectivity index (χ2v) is 6.08. The molecule has 4 nitrogen and oxygen atoms in total. The number of pyridine rings is 1. The number of benzene rings is 1. The van der Waals surface area contributed by atoms with Gasteiger partial charge in [0.15, 0.2) is 5.82 Å². The molecule has 2 aromatic heterocycles. The van der Waals surface area contributed by atoms with Crippen LogP contribution in [0.15, 0.2) is 24.3 Å². The van der Waals surface area contributed by atoms with Crippen LogP contribution in [-0.2, 0) is 13.0 Å². The van der Waals surface area contributed by atoms with Gasteiger partial charge in [-0.1, -0.05) is 25.1 Å². The number of imidazole rings is 1. The summed E-state index contributed by atoms with van der Waals surface area (Å²) in [7, 11) is 0. The van der Waals surface area contributed by atoms with Crippen LogP contribution in [0.2, 0.25) is 0 Å². The predicted molar refractivity (Wildman–Crippen MR) is 91.8 cm³/mol. The van der Waals surface area contributed by atoms with Crippen LogP contribution in [0, 0.1) is 0 Å². The van der Waals surface area contributed by atoms with Crippen molar-refractivity contribution in [1.82, 2.24) is 14.5 Å². The number of hydrogen-bond acceptors (Lipinski definition) is 4. The maximum atomic E-state index is 6.12. The Kier molecular flexibility index (Phi) is 4.01. The quantitative estimate of drug-likeness (QED) is 0.733. The van der Waals surface area contributed by atoms with Crippen molar-refractivity contribution in [3.05, 3.63) is 30.1 Å². The number of fused-ring (bicyclic) bond motifs is 3. The molecule has 5 heteroatoms. The van der Waals surface area contributed by atoms with Crippen LogP contribution < -0.4 is 5.73 Å². The van der Waals surface area contributed by atoms with Gasteiger partial charge in [0.2, 0.25) is 0 Å². The molecule has 1 aromatic carbocycles. The van der Waals surface area contributed by atoms with E-state index in [1.165, 1.54) is 0 Å². The highest BCUT2D eigenvalue weighted by Crippen LogP contribution is 2.29. The lowest BCUT2D eigenvalue weighted by Gasteiger charge is -2.09. The van der Waals surface area contributed by atoms with Gasteiger partial charge in [0.1, 0.15) is 11.3 Å². The average molecular weight is 300 g/mol. The van der Waals surface area contributed by atoms with E-state index in [1.807, 2.05) is 30.0 Å². The molecule has 0 saturated carbocycles. The Balaban J connectivity index is 2.27. The molecular weight excluding hydrogens is 280 g/mol. The molecule has 0 unspecified atom stereocenters. The molecule has 0 atom stereocenters. The monoisotopic (exact) mass is 300 g/mol. The first-order chi connectivity index (χ1) is 10.3. The number of nitrogen functional groups attached to an aromatic ring is 1. The number of thioether (sulfide) groups is 1. The largest absolute Gasteiger partial charge is 0.382 e. The number of anilines is 1. The summed E-state index contributed by atoms with van der Waals surface area (Å²) in [6.45, 7) is 3.12. The van der Waals surface area contributed by atoms with E-state index in [2.05, 4.69) is 28.8 Å². The molecule has 0 aliphatic rings. The van der Waals surface area contributed by atoms with Crippen LogP contribution in [0.4, 0.5) is 5.82 Å². The zero-order valence-corrected chi connectivity index (χ0v) is 13.3. The number of aromatic nitrogens is 3. The van der Waals surface area contributed by atoms with Crippen molar-refractivity contribution < 1.29 is 0 Å². The second-order valence-electron chi connectivity index (χ2n) is 5.09. The van der Waals surface area contributed by atoms with Crippen molar-refractivity contribution in [2.45, 2.75) is 26.3 Å². The third kappa shape index (κ3) is 2.46. The molecule has 0 amide bonds. The van der Waals surface area contributed by atoms with E-state index in [0.717, 1.165) is 52.9 Å². The van der Waals surface area contributed by atoms with Crippen molar-refractivity contribution in [3.8, 4) is 0 Å². The molecule has 0 bridgehead atoms. The number of hydrogen-bond donors (Lipinski definition) is 1. The summed E-state index contributed by atoms with van der Waals surface area (Å²) >= 11 is 1.88. The van der Waals surface area contributed by atoms with Crippen LogP contribution in [-0.4, -0.2) is 26.5 Å². The number of nitrogens with two attached hydrogens (primary N) is 1. The maximum Gasteiger partial charge on any atom is 0.152 e. The predicted octanol–water partition coefficient (Wildman–Crippen LogP) is 3.48. The standard InChI is InChI=1S/C16H20N4S/c1-3-13-19-14-15(20(13)9-6-10-21-2)11-7-4-5-8-12(11)18-16(14)17/h4-5,7-8H,3,6,9-10H2,1-2H3,(H2,17,18). The summed E-state index contributed by atoms with van der Waals surface area (Å²) < 4.78 is 2.33. The fourth-order valence-corrected chi connectivity index (χ4v) is 3.20.